The predicted molar refractivity (Wildman–Crippen MR) is 162 cm³/mol. The summed E-state index contributed by atoms with van der Waals surface area (Å²) < 4.78 is 17.6. The fourth-order valence-corrected chi connectivity index (χ4v) is 4.24. The molecule has 0 atom stereocenters. The number of rotatable bonds is 6. The van der Waals surface area contributed by atoms with Crippen molar-refractivity contribution in [1.82, 2.24) is 20.4 Å². The molecule has 0 aliphatic rings. The summed E-state index contributed by atoms with van der Waals surface area (Å²) in [6.45, 7) is 18.2. The largest absolute Gasteiger partial charge is 0.423 e. The molecular formula is C34H34N4O4. The van der Waals surface area contributed by atoms with Gasteiger partial charge in [-0.1, -0.05) is 72.4 Å². The van der Waals surface area contributed by atoms with Crippen molar-refractivity contribution in [2.75, 3.05) is 0 Å². The van der Waals surface area contributed by atoms with Gasteiger partial charge in [0.05, 0.1) is 0 Å². The van der Waals surface area contributed by atoms with Crippen LogP contribution in [0.3, 0.4) is 0 Å². The lowest BCUT2D eigenvalue weighted by Gasteiger charge is -2.18. The van der Waals surface area contributed by atoms with Crippen molar-refractivity contribution in [3.05, 3.63) is 90.0 Å². The molecule has 0 aliphatic carbocycles. The molecule has 8 nitrogen and oxygen atoms in total. The molecule has 2 heterocycles. The minimum Gasteiger partial charge on any atom is -0.423 e. The van der Waals surface area contributed by atoms with Gasteiger partial charge in [0.2, 0.25) is 23.6 Å². The van der Waals surface area contributed by atoms with Crippen molar-refractivity contribution in [3.63, 3.8) is 0 Å². The second-order valence-electron chi connectivity index (χ2n) is 12.4. The van der Waals surface area contributed by atoms with E-state index >= 15 is 0 Å². The highest BCUT2D eigenvalue weighted by Crippen LogP contribution is 2.34. The predicted octanol–water partition coefficient (Wildman–Crippen LogP) is 8.20. The van der Waals surface area contributed by atoms with Gasteiger partial charge in [-0.25, -0.2) is 4.79 Å². The van der Waals surface area contributed by atoms with E-state index in [1.807, 2.05) is 24.3 Å². The zero-order valence-electron chi connectivity index (χ0n) is 25.0. The zero-order chi connectivity index (χ0) is 30.2. The standard InChI is InChI=1S/C34H34N4O4/c1-20(2)32(39)40-27-18-23(30-37-35-28(41-30)21-9-13-25(14-10-21)33(3,4)5)17-24(19-27)31-38-36-29(42-31)22-11-15-26(16-12-22)34(6,7)8/h9-19H,1H2,2-8H3. The van der Waals surface area contributed by atoms with E-state index in [9.17, 15) is 4.79 Å². The molecule has 5 aromatic rings. The number of carbonyl (C=O) groups excluding carboxylic acids is 1. The topological polar surface area (TPSA) is 104 Å². The van der Waals surface area contributed by atoms with Gasteiger partial charge in [0, 0.05) is 27.8 Å². The minimum absolute atomic E-state index is 0.0289. The van der Waals surface area contributed by atoms with Gasteiger partial charge < -0.3 is 13.6 Å². The van der Waals surface area contributed by atoms with Crippen molar-refractivity contribution in [1.29, 1.82) is 0 Å². The van der Waals surface area contributed by atoms with Gasteiger partial charge in [-0.3, -0.25) is 0 Å². The molecular weight excluding hydrogens is 528 g/mol. The Bertz CT molecular complexity index is 1640. The van der Waals surface area contributed by atoms with E-state index < -0.39 is 5.97 Å². The van der Waals surface area contributed by atoms with Crippen molar-refractivity contribution >= 4 is 5.97 Å². The van der Waals surface area contributed by atoms with E-state index in [2.05, 4.69) is 92.8 Å². The average Bonchev–Trinajstić information content (AvgIpc) is 3.63. The molecule has 8 heteroatoms. The van der Waals surface area contributed by atoms with Crippen LogP contribution in [0.2, 0.25) is 0 Å². The number of carbonyl (C=O) groups is 1. The number of hydrogen-bond acceptors (Lipinski definition) is 8. The zero-order valence-corrected chi connectivity index (χ0v) is 25.0. The van der Waals surface area contributed by atoms with Crippen LogP contribution in [0.4, 0.5) is 0 Å². The van der Waals surface area contributed by atoms with Crippen LogP contribution in [0.1, 0.15) is 59.6 Å². The molecule has 0 saturated heterocycles. The lowest BCUT2D eigenvalue weighted by atomic mass is 9.87. The first-order valence-electron chi connectivity index (χ1n) is 13.7. The molecule has 0 unspecified atom stereocenters. The lowest BCUT2D eigenvalue weighted by molar-refractivity contribution is -0.130. The summed E-state index contributed by atoms with van der Waals surface area (Å²) in [4.78, 5) is 12.4. The molecule has 0 bridgehead atoms. The summed E-state index contributed by atoms with van der Waals surface area (Å²) in [6.07, 6.45) is 0. The fourth-order valence-electron chi connectivity index (χ4n) is 4.24. The van der Waals surface area contributed by atoms with Crippen LogP contribution in [0.5, 0.6) is 5.75 Å². The van der Waals surface area contributed by atoms with Crippen molar-refractivity contribution in [3.8, 4) is 51.6 Å². The maximum absolute atomic E-state index is 12.4. The molecule has 42 heavy (non-hydrogen) atoms. The Morgan fingerprint density at radius 2 is 0.976 bits per heavy atom. The summed E-state index contributed by atoms with van der Waals surface area (Å²) >= 11 is 0. The van der Waals surface area contributed by atoms with E-state index in [1.54, 1.807) is 25.1 Å². The smallest absolute Gasteiger partial charge is 0.338 e. The van der Waals surface area contributed by atoms with Crippen molar-refractivity contribution in [2.24, 2.45) is 0 Å². The number of benzene rings is 3. The van der Waals surface area contributed by atoms with Gasteiger partial charge in [0.15, 0.2) is 0 Å². The molecule has 5 rings (SSSR count). The third-order valence-corrected chi connectivity index (χ3v) is 6.81. The molecule has 3 aromatic carbocycles. The maximum Gasteiger partial charge on any atom is 0.338 e. The molecule has 0 amide bonds. The van der Waals surface area contributed by atoms with Crippen LogP contribution in [0.25, 0.3) is 45.8 Å². The normalized spacial score (nSPS) is 11.9. The van der Waals surface area contributed by atoms with Crippen LogP contribution in [0.15, 0.2) is 87.7 Å². The lowest BCUT2D eigenvalue weighted by Crippen LogP contribution is -2.10. The first kappa shape index (κ1) is 28.7. The van der Waals surface area contributed by atoms with Crippen LogP contribution >= 0.6 is 0 Å². The Morgan fingerprint density at radius 3 is 1.31 bits per heavy atom. The highest BCUT2D eigenvalue weighted by atomic mass is 16.5. The third kappa shape index (κ3) is 6.22. The number of ether oxygens (including phenoxy) is 1. The Hall–Kier alpha value is -4.85. The molecule has 0 saturated carbocycles. The van der Waals surface area contributed by atoms with E-state index in [1.165, 1.54) is 11.1 Å². The summed E-state index contributed by atoms with van der Waals surface area (Å²) in [7, 11) is 0. The van der Waals surface area contributed by atoms with Gasteiger partial charge in [-0.2, -0.15) is 0 Å². The average molecular weight is 563 g/mol. The molecule has 0 aliphatic heterocycles. The number of aromatic nitrogens is 4. The van der Waals surface area contributed by atoms with Crippen LogP contribution in [0, 0.1) is 0 Å². The van der Waals surface area contributed by atoms with E-state index in [0.29, 0.717) is 22.9 Å². The number of hydrogen-bond donors (Lipinski definition) is 0. The Labute approximate surface area is 245 Å². The van der Waals surface area contributed by atoms with E-state index in [0.717, 1.165) is 11.1 Å². The first-order chi connectivity index (χ1) is 19.8. The number of nitrogens with zero attached hydrogens (tertiary/aromatic N) is 4. The number of esters is 1. The van der Waals surface area contributed by atoms with Gasteiger partial charge in [-0.05, 0) is 71.3 Å². The molecule has 0 fully saturated rings. The summed E-state index contributed by atoms with van der Waals surface area (Å²) in [6, 6.07) is 21.1. The Kier molecular flexibility index (Phi) is 7.41. The quantitative estimate of drug-likeness (QED) is 0.116. The monoisotopic (exact) mass is 562 g/mol. The van der Waals surface area contributed by atoms with Crippen molar-refractivity contribution < 1.29 is 18.4 Å². The molecule has 214 valence electrons. The van der Waals surface area contributed by atoms with Gasteiger partial charge in [0.1, 0.15) is 5.75 Å². The van der Waals surface area contributed by atoms with Crippen LogP contribution in [-0.2, 0) is 15.6 Å². The summed E-state index contributed by atoms with van der Waals surface area (Å²) in [5.74, 6) is 0.923. The maximum atomic E-state index is 12.4. The van der Waals surface area contributed by atoms with Crippen molar-refractivity contribution in [2.45, 2.75) is 59.3 Å². The van der Waals surface area contributed by atoms with Crippen LogP contribution in [-0.4, -0.2) is 26.4 Å². The molecule has 0 spiro atoms. The highest BCUT2D eigenvalue weighted by molar-refractivity contribution is 5.89. The Balaban J connectivity index is 1.49. The fraction of sp³-hybridized carbons (Fsp3) is 0.265. The van der Waals surface area contributed by atoms with Gasteiger partial charge in [-0.15, -0.1) is 20.4 Å². The van der Waals surface area contributed by atoms with E-state index in [4.69, 9.17) is 13.6 Å². The van der Waals surface area contributed by atoms with E-state index in [-0.39, 0.29) is 33.9 Å². The SMILES string of the molecule is C=C(C)C(=O)Oc1cc(-c2nnc(-c3ccc(C(C)(C)C)cc3)o2)cc(-c2nnc(-c3ccc(C(C)(C)C)cc3)o2)c1. The highest BCUT2D eigenvalue weighted by Gasteiger charge is 2.20. The third-order valence-electron chi connectivity index (χ3n) is 6.81. The van der Waals surface area contributed by atoms with Crippen LogP contribution < -0.4 is 4.74 Å². The molecule has 2 aromatic heterocycles. The summed E-state index contributed by atoms with van der Waals surface area (Å²) in [5.41, 5.74) is 5.37. The molecule has 0 radical (unpaired) electrons. The van der Waals surface area contributed by atoms with Gasteiger partial charge >= 0.3 is 5.97 Å². The second kappa shape index (κ2) is 10.9. The minimum atomic E-state index is -0.562. The second-order valence-corrected chi connectivity index (χ2v) is 12.4. The van der Waals surface area contributed by atoms with Gasteiger partial charge in [0.25, 0.3) is 0 Å². The molecule has 0 N–H and O–H groups in total. The first-order valence-corrected chi connectivity index (χ1v) is 13.7. The summed E-state index contributed by atoms with van der Waals surface area (Å²) in [5, 5.41) is 17.0. The Morgan fingerprint density at radius 1 is 0.619 bits per heavy atom.